The molecule has 0 aromatic heterocycles. The molecule has 4 atom stereocenters. The number of ketones is 5. The molecule has 20 nitrogen and oxygen atoms in total. The largest absolute Gasteiger partial charge is 0.577 e. The predicted molar refractivity (Wildman–Crippen MR) is 463 cm³/mol. The van der Waals surface area contributed by atoms with E-state index < -0.39 is 35.7 Å². The number of Topliss-reactive ketones (excluding diaryl/α,β-unsaturated/α-hetero) is 5. The summed E-state index contributed by atoms with van der Waals surface area (Å²) in [6.45, 7) is 13.4. The maximum absolute atomic E-state index is 12.0. The van der Waals surface area contributed by atoms with Crippen molar-refractivity contribution in [3.05, 3.63) is 108 Å². The number of ether oxygens (including phenoxy) is 4. The minimum absolute atomic E-state index is 0. The second-order valence-electron chi connectivity index (χ2n) is 30.3. The van der Waals surface area contributed by atoms with Crippen LogP contribution in [-0.2, 0) is 96.3 Å². The van der Waals surface area contributed by atoms with Crippen LogP contribution >= 0.6 is 32.2 Å². The summed E-state index contributed by atoms with van der Waals surface area (Å²) in [5, 5.41) is 13.9. The zero-order valence-electron chi connectivity index (χ0n) is 70.6. The fourth-order valence-electron chi connectivity index (χ4n) is 11.8. The smallest absolute Gasteiger partial charge is 0.308 e. The molecule has 3 aromatic rings. The summed E-state index contributed by atoms with van der Waals surface area (Å²) in [7, 11) is 0. The molecule has 0 aliphatic heterocycles. The Hall–Kier alpha value is -6.59. The standard InChI is InChI=1S/2C29H45NO5.C23H36O4.C9H17NO3.ClH.H3P.H2P/c2*1-24(31)22-27(25(2)32)30-28(33)20-16-11-9-7-5-3-4-6-8-10-12-17-21-29(34)35-23-26-18-14-13-15-19-26;24-22(25)18-14-9-7-5-3-1-2-4-6-8-10-15-19-23(26)27-20-21-16-12-11-13-17-21;1-6(11)7(10)5-8(12)13-9(2,3)4;;;/h2*13-15,18-19,27H,3-12,16-17,20-23H2,1-2H3,(H,30,33);11-13,16-17H,1-10,14-15,18-20H2,(H,24,25);7H,5,10H2,1-4H3;1H;1H3;1H2/q;;;;;;-1/t2*27-;;7-;;;/m00.0.../s1. The van der Waals surface area contributed by atoms with Gasteiger partial charge in [-0.2, -0.15) is 9.90 Å². The van der Waals surface area contributed by atoms with Gasteiger partial charge in [0.2, 0.25) is 11.8 Å². The lowest BCUT2D eigenvalue weighted by atomic mass is 10.0. The van der Waals surface area contributed by atoms with Crippen molar-refractivity contribution in [2.75, 3.05) is 0 Å². The number of carboxylic acid groups (broad SMARTS) is 1. The predicted octanol–water partition coefficient (Wildman–Crippen LogP) is 20.2. The van der Waals surface area contributed by atoms with Crippen molar-refractivity contribution in [1.82, 2.24) is 10.6 Å². The van der Waals surface area contributed by atoms with Crippen LogP contribution < -0.4 is 16.4 Å². The van der Waals surface area contributed by atoms with Gasteiger partial charge in [-0.25, -0.2) is 0 Å². The number of unbranched alkanes of at least 4 members (excludes halogenated alkanes) is 33. The molecule has 0 aliphatic rings. The fourth-order valence-corrected chi connectivity index (χ4v) is 11.8. The molecule has 0 fully saturated rings. The highest BCUT2D eigenvalue weighted by Gasteiger charge is 2.22. The van der Waals surface area contributed by atoms with Crippen LogP contribution in [0.15, 0.2) is 91.0 Å². The second kappa shape index (κ2) is 76.7. The zero-order valence-corrected chi connectivity index (χ0v) is 74.0. The summed E-state index contributed by atoms with van der Waals surface area (Å²) in [4.78, 5) is 137. The third kappa shape index (κ3) is 77.7. The third-order valence-electron chi connectivity index (χ3n) is 18.3. The van der Waals surface area contributed by atoms with E-state index in [2.05, 4.69) is 10.6 Å². The Morgan fingerprint density at radius 1 is 0.336 bits per heavy atom. The molecule has 3 aromatic carbocycles. The lowest BCUT2D eigenvalue weighted by Gasteiger charge is -2.20. The van der Waals surface area contributed by atoms with Crippen LogP contribution in [0.1, 0.15) is 361 Å². The quantitative estimate of drug-likeness (QED) is 0.0177. The zero-order chi connectivity index (χ0) is 81.7. The van der Waals surface area contributed by atoms with Gasteiger partial charge in [-0.1, -0.05) is 284 Å². The van der Waals surface area contributed by atoms with Gasteiger partial charge in [-0.3, -0.25) is 57.5 Å². The second-order valence-corrected chi connectivity index (χ2v) is 30.3. The maximum Gasteiger partial charge on any atom is 0.308 e. The molecule has 0 aliphatic carbocycles. The highest BCUT2D eigenvalue weighted by Crippen LogP contribution is 2.19. The molecule has 5 N–H and O–H groups in total. The number of hydrogen-bond donors (Lipinski definition) is 4. The third-order valence-corrected chi connectivity index (χ3v) is 18.3. The first-order valence-corrected chi connectivity index (χ1v) is 41.5. The normalized spacial score (nSPS) is 11.3. The first-order valence-electron chi connectivity index (χ1n) is 41.5. The van der Waals surface area contributed by atoms with Crippen molar-refractivity contribution in [1.29, 1.82) is 0 Å². The number of hydrogen-bond acceptors (Lipinski definition) is 17. The van der Waals surface area contributed by atoms with Crippen LogP contribution in [-0.4, -0.2) is 99.4 Å². The van der Waals surface area contributed by atoms with Crippen molar-refractivity contribution in [3.8, 4) is 0 Å². The Balaban J connectivity index is -0.000000726. The molecule has 644 valence electrons. The average Bonchev–Trinajstić information content (AvgIpc) is 0.947. The minimum Gasteiger partial charge on any atom is -0.577 e. The number of nitrogens with two attached hydrogens (primary N) is 1. The van der Waals surface area contributed by atoms with E-state index in [4.69, 9.17) is 29.8 Å². The van der Waals surface area contributed by atoms with E-state index >= 15 is 0 Å². The van der Waals surface area contributed by atoms with Crippen LogP contribution in [0.4, 0.5) is 0 Å². The van der Waals surface area contributed by atoms with Gasteiger partial charge in [-0.05, 0) is 111 Å². The number of esters is 4. The molecule has 23 heteroatoms. The molecule has 0 spiro atoms. The van der Waals surface area contributed by atoms with Crippen molar-refractivity contribution < 1.29 is 81.6 Å². The van der Waals surface area contributed by atoms with Gasteiger partial charge in [-0.15, -0.1) is 12.4 Å². The molecular formula is C90H149ClN3O17P2-. The molecule has 1 unspecified atom stereocenters. The number of benzene rings is 3. The van der Waals surface area contributed by atoms with Gasteiger partial charge >= 0.3 is 29.8 Å². The topological polar surface area (TPSA) is 312 Å². The molecule has 113 heavy (non-hydrogen) atoms. The number of aliphatic carboxylic acids is 1. The van der Waals surface area contributed by atoms with E-state index in [9.17, 15) is 57.5 Å². The molecule has 0 saturated heterocycles. The van der Waals surface area contributed by atoms with Gasteiger partial charge in [0.1, 0.15) is 42.8 Å². The summed E-state index contributed by atoms with van der Waals surface area (Å²) >= 11 is 0. The lowest BCUT2D eigenvalue weighted by molar-refractivity contribution is -0.156. The fraction of sp³-hybridized carbons (Fsp3) is 0.667. The Bertz CT molecular complexity index is 2850. The van der Waals surface area contributed by atoms with Crippen LogP contribution in [0.2, 0.25) is 0 Å². The van der Waals surface area contributed by atoms with Crippen LogP contribution in [0.25, 0.3) is 0 Å². The van der Waals surface area contributed by atoms with Crippen LogP contribution in [0.5, 0.6) is 0 Å². The first-order chi connectivity index (χ1) is 52.7. The number of nitrogens with one attached hydrogen (secondary N) is 2. The molecule has 0 radical (unpaired) electrons. The van der Waals surface area contributed by atoms with Gasteiger partial charge in [0.25, 0.3) is 0 Å². The lowest BCUT2D eigenvalue weighted by Crippen LogP contribution is -2.40. The summed E-state index contributed by atoms with van der Waals surface area (Å²) in [5.74, 6) is -2.45. The molecule has 0 heterocycles. The van der Waals surface area contributed by atoms with E-state index in [1.54, 1.807) is 20.8 Å². The van der Waals surface area contributed by atoms with E-state index in [1.165, 1.54) is 169 Å². The first kappa shape index (κ1) is 113. The van der Waals surface area contributed by atoms with Gasteiger partial charge < -0.3 is 50.3 Å². The molecule has 0 bridgehead atoms. The highest BCUT2D eigenvalue weighted by atomic mass is 35.5. The molecule has 3 rings (SSSR count). The van der Waals surface area contributed by atoms with E-state index in [0.29, 0.717) is 58.3 Å². The Morgan fingerprint density at radius 2 is 0.558 bits per heavy atom. The van der Waals surface area contributed by atoms with Crippen molar-refractivity contribution in [2.45, 2.75) is 388 Å². The van der Waals surface area contributed by atoms with Gasteiger partial charge in [0.05, 0.1) is 24.5 Å². The Morgan fingerprint density at radius 3 is 0.761 bits per heavy atom. The van der Waals surface area contributed by atoms with Crippen molar-refractivity contribution in [2.24, 2.45) is 5.73 Å². The van der Waals surface area contributed by atoms with Crippen LogP contribution in [0, 0.1) is 0 Å². The Labute approximate surface area is 692 Å². The Kier molecular flexibility index (Phi) is 76.5. The summed E-state index contributed by atoms with van der Waals surface area (Å²) in [6.07, 6.45) is 43.5. The summed E-state index contributed by atoms with van der Waals surface area (Å²) < 4.78 is 20.9. The van der Waals surface area contributed by atoms with Gasteiger partial charge in [0.15, 0.2) is 11.6 Å². The number of carbonyl (C=O) groups is 12. The van der Waals surface area contributed by atoms with Gasteiger partial charge in [0, 0.05) is 51.4 Å². The highest BCUT2D eigenvalue weighted by molar-refractivity contribution is 6.92. The van der Waals surface area contributed by atoms with Crippen molar-refractivity contribution >= 4 is 103 Å². The number of amides is 2. The van der Waals surface area contributed by atoms with Crippen molar-refractivity contribution in [3.63, 3.8) is 0 Å². The summed E-state index contributed by atoms with van der Waals surface area (Å²) in [6, 6.07) is 27.2. The average molecular weight is 1640 g/mol. The molecular weight excluding hydrogens is 1490 g/mol. The van der Waals surface area contributed by atoms with E-state index in [-0.39, 0.29) is 110 Å². The minimum atomic E-state index is -0.741. The van der Waals surface area contributed by atoms with E-state index in [1.807, 2.05) is 91.0 Å². The monoisotopic (exact) mass is 1640 g/mol. The number of halogens is 1. The molecule has 0 saturated carbocycles. The summed E-state index contributed by atoms with van der Waals surface area (Å²) in [5.41, 5.74) is 7.94. The number of carboxylic acids is 1. The maximum atomic E-state index is 12.0. The van der Waals surface area contributed by atoms with Crippen LogP contribution in [0.3, 0.4) is 0 Å². The van der Waals surface area contributed by atoms with E-state index in [0.717, 1.165) is 113 Å². The SMILES string of the molecule is CC(=O)C[C@H](NC(=O)CCCCCCCCCCCCCCC(=O)OCc1ccccc1)C(C)=O.CC(=O)C[C@H](NC(=O)CCCCCCCCCCCCCCC(=O)OCc1ccccc1)C(C)=O.CC(=O)[C@@H](N)CC(=O)OC(C)(C)C.Cl.O=C(O)CCCCCCCCCCCCCCC(=O)OCc1ccccc1.P.[PH2-]. The number of rotatable bonds is 62. The number of carbonyl (C=O) groups excluding carboxylic acids is 11. The molecule has 2 amide bonds.